The van der Waals surface area contributed by atoms with E-state index >= 15 is 0 Å². The van der Waals surface area contributed by atoms with E-state index in [4.69, 9.17) is 11.6 Å². The molecular formula is C13H6BrClOS. The van der Waals surface area contributed by atoms with E-state index in [0.717, 1.165) is 19.3 Å². The van der Waals surface area contributed by atoms with Gasteiger partial charge in [0, 0.05) is 29.7 Å². The summed E-state index contributed by atoms with van der Waals surface area (Å²) >= 11 is 10.9. The molecule has 0 saturated carbocycles. The number of benzene rings is 2. The summed E-state index contributed by atoms with van der Waals surface area (Å²) in [4.78, 5) is 12.3. The lowest BCUT2D eigenvalue weighted by atomic mass is 10.2. The minimum absolute atomic E-state index is 0.0394. The van der Waals surface area contributed by atoms with Gasteiger partial charge in [0.25, 0.3) is 0 Å². The lowest BCUT2D eigenvalue weighted by molar-refractivity contribution is 1.71. The molecule has 17 heavy (non-hydrogen) atoms. The van der Waals surface area contributed by atoms with Crippen molar-refractivity contribution in [2.24, 2.45) is 0 Å². The van der Waals surface area contributed by atoms with Crippen molar-refractivity contribution in [1.82, 2.24) is 0 Å². The summed E-state index contributed by atoms with van der Waals surface area (Å²) in [6.07, 6.45) is 0. The zero-order valence-corrected chi connectivity index (χ0v) is 11.7. The van der Waals surface area contributed by atoms with Gasteiger partial charge < -0.3 is 0 Å². The molecule has 2 aromatic carbocycles. The van der Waals surface area contributed by atoms with E-state index in [0.29, 0.717) is 10.4 Å². The van der Waals surface area contributed by atoms with Crippen LogP contribution in [-0.2, 0) is 0 Å². The summed E-state index contributed by atoms with van der Waals surface area (Å²) in [5.41, 5.74) is 0.0394. The van der Waals surface area contributed by atoms with Crippen molar-refractivity contribution < 1.29 is 0 Å². The van der Waals surface area contributed by atoms with E-state index in [2.05, 4.69) is 15.9 Å². The van der Waals surface area contributed by atoms with Crippen LogP contribution in [0.15, 0.2) is 45.7 Å². The highest BCUT2D eigenvalue weighted by Crippen LogP contribution is 2.28. The van der Waals surface area contributed by atoms with E-state index in [9.17, 15) is 4.79 Å². The third kappa shape index (κ3) is 1.88. The molecule has 0 aliphatic heterocycles. The SMILES string of the molecule is O=c1c2cc(Cl)ccc2sc2ccc(Br)cc12. The summed E-state index contributed by atoms with van der Waals surface area (Å²) in [5.74, 6) is 0. The van der Waals surface area contributed by atoms with Gasteiger partial charge in [-0.2, -0.15) is 0 Å². The average molecular weight is 326 g/mol. The van der Waals surface area contributed by atoms with Crippen LogP contribution in [0.25, 0.3) is 20.2 Å². The van der Waals surface area contributed by atoms with Gasteiger partial charge in [-0.05, 0) is 36.4 Å². The Balaban J connectivity index is 2.58. The molecule has 1 aromatic heterocycles. The van der Waals surface area contributed by atoms with Crippen LogP contribution in [-0.4, -0.2) is 0 Å². The van der Waals surface area contributed by atoms with E-state index in [1.807, 2.05) is 30.3 Å². The number of hydrogen-bond donors (Lipinski definition) is 0. The highest BCUT2D eigenvalue weighted by atomic mass is 79.9. The second-order valence-electron chi connectivity index (χ2n) is 3.71. The fraction of sp³-hybridized carbons (Fsp3) is 0. The average Bonchev–Trinajstić information content (AvgIpc) is 2.32. The second-order valence-corrected chi connectivity index (χ2v) is 6.15. The maximum absolute atomic E-state index is 12.3. The molecule has 0 spiro atoms. The number of hydrogen-bond acceptors (Lipinski definition) is 2. The first-order valence-corrected chi connectivity index (χ1v) is 6.95. The van der Waals surface area contributed by atoms with Crippen LogP contribution in [0.1, 0.15) is 0 Å². The number of halogens is 2. The highest BCUT2D eigenvalue weighted by Gasteiger charge is 2.06. The molecule has 0 saturated heterocycles. The smallest absolute Gasteiger partial charge is 0.195 e. The summed E-state index contributed by atoms with van der Waals surface area (Å²) in [7, 11) is 0. The molecule has 84 valence electrons. The molecule has 0 amide bonds. The van der Waals surface area contributed by atoms with Crippen molar-refractivity contribution in [2.75, 3.05) is 0 Å². The van der Waals surface area contributed by atoms with Gasteiger partial charge in [0.1, 0.15) is 0 Å². The summed E-state index contributed by atoms with van der Waals surface area (Å²) in [5, 5.41) is 2.02. The van der Waals surface area contributed by atoms with Crippen LogP contribution in [0.3, 0.4) is 0 Å². The Morgan fingerprint density at radius 3 is 2.41 bits per heavy atom. The van der Waals surface area contributed by atoms with E-state index in [1.54, 1.807) is 17.4 Å². The third-order valence-corrected chi connectivity index (χ3v) is 4.47. The first-order chi connectivity index (χ1) is 8.15. The maximum atomic E-state index is 12.3. The van der Waals surface area contributed by atoms with Gasteiger partial charge in [-0.15, -0.1) is 11.3 Å². The molecule has 0 unspecified atom stereocenters. The van der Waals surface area contributed by atoms with Gasteiger partial charge in [-0.25, -0.2) is 0 Å². The fourth-order valence-corrected chi connectivity index (χ4v) is 3.37. The standard InChI is InChI=1S/C13H6BrClOS/c14-7-1-3-11-9(5-7)13(16)10-6-8(15)2-4-12(10)17-11/h1-6H. The van der Waals surface area contributed by atoms with Gasteiger partial charge in [-0.3, -0.25) is 4.79 Å². The predicted octanol–water partition coefficient (Wildman–Crippen LogP) is 4.83. The normalized spacial score (nSPS) is 11.2. The van der Waals surface area contributed by atoms with Crippen molar-refractivity contribution >= 4 is 59.0 Å². The molecule has 0 atom stereocenters. The molecular weight excluding hydrogens is 320 g/mol. The van der Waals surface area contributed by atoms with E-state index in [-0.39, 0.29) is 5.43 Å². The Bertz CT molecular complexity index is 731. The molecule has 4 heteroatoms. The van der Waals surface area contributed by atoms with E-state index < -0.39 is 0 Å². The van der Waals surface area contributed by atoms with Crippen molar-refractivity contribution in [2.45, 2.75) is 0 Å². The third-order valence-electron chi connectivity index (χ3n) is 2.59. The molecule has 0 aliphatic carbocycles. The van der Waals surface area contributed by atoms with Crippen LogP contribution in [0, 0.1) is 0 Å². The maximum Gasteiger partial charge on any atom is 0.195 e. The minimum Gasteiger partial charge on any atom is -0.289 e. The summed E-state index contributed by atoms with van der Waals surface area (Å²) < 4.78 is 2.87. The molecule has 0 aliphatic rings. The van der Waals surface area contributed by atoms with Gasteiger partial charge >= 0.3 is 0 Å². The van der Waals surface area contributed by atoms with Crippen LogP contribution in [0.5, 0.6) is 0 Å². The van der Waals surface area contributed by atoms with Gasteiger partial charge in [-0.1, -0.05) is 27.5 Å². The quantitative estimate of drug-likeness (QED) is 0.541. The van der Waals surface area contributed by atoms with Gasteiger partial charge in [0.2, 0.25) is 0 Å². The van der Waals surface area contributed by atoms with Crippen LogP contribution in [0.4, 0.5) is 0 Å². The molecule has 0 bridgehead atoms. The largest absolute Gasteiger partial charge is 0.289 e. The fourth-order valence-electron chi connectivity index (χ4n) is 1.80. The monoisotopic (exact) mass is 324 g/mol. The van der Waals surface area contributed by atoms with Crippen molar-refractivity contribution in [3.8, 4) is 0 Å². The topological polar surface area (TPSA) is 17.1 Å². The first kappa shape index (κ1) is 11.2. The van der Waals surface area contributed by atoms with Crippen LogP contribution in [0.2, 0.25) is 5.02 Å². The molecule has 3 aromatic rings. The summed E-state index contributed by atoms with van der Waals surface area (Å²) in [6.45, 7) is 0. The second kappa shape index (κ2) is 4.09. The Hall–Kier alpha value is -0.900. The van der Waals surface area contributed by atoms with Gasteiger partial charge in [0.05, 0.1) is 0 Å². The summed E-state index contributed by atoms with van der Waals surface area (Å²) in [6, 6.07) is 11.2. The Labute approximate surface area is 115 Å². The molecule has 0 N–H and O–H groups in total. The molecule has 0 fully saturated rings. The van der Waals surface area contributed by atoms with E-state index in [1.165, 1.54) is 0 Å². The number of fused-ring (bicyclic) bond motifs is 2. The zero-order valence-electron chi connectivity index (χ0n) is 8.54. The van der Waals surface area contributed by atoms with Gasteiger partial charge in [0.15, 0.2) is 5.43 Å². The molecule has 3 rings (SSSR count). The highest BCUT2D eigenvalue weighted by molar-refractivity contribution is 9.10. The lowest BCUT2D eigenvalue weighted by Gasteiger charge is -2.01. The first-order valence-electron chi connectivity index (χ1n) is 4.97. The predicted molar refractivity (Wildman–Crippen MR) is 78.3 cm³/mol. The van der Waals surface area contributed by atoms with Crippen LogP contribution < -0.4 is 5.43 Å². The zero-order chi connectivity index (χ0) is 12.0. The Morgan fingerprint density at radius 2 is 1.65 bits per heavy atom. The van der Waals surface area contributed by atoms with Crippen molar-refractivity contribution in [1.29, 1.82) is 0 Å². The molecule has 1 heterocycles. The minimum atomic E-state index is 0.0394. The lowest BCUT2D eigenvalue weighted by Crippen LogP contribution is -2.00. The number of rotatable bonds is 0. The van der Waals surface area contributed by atoms with Crippen LogP contribution >= 0.6 is 38.9 Å². The molecule has 0 radical (unpaired) electrons. The molecule has 1 nitrogen and oxygen atoms in total. The Morgan fingerprint density at radius 1 is 1.00 bits per heavy atom. The van der Waals surface area contributed by atoms with Crippen molar-refractivity contribution in [3.05, 3.63) is 56.1 Å². The van der Waals surface area contributed by atoms with Crippen molar-refractivity contribution in [3.63, 3.8) is 0 Å². The Kier molecular flexibility index (Phi) is 2.69.